The maximum absolute atomic E-state index is 2.23. The minimum absolute atomic E-state index is 0. The summed E-state index contributed by atoms with van der Waals surface area (Å²) < 4.78 is 0. The summed E-state index contributed by atoms with van der Waals surface area (Å²) in [5.41, 5.74) is 0. The first-order valence-corrected chi connectivity index (χ1v) is 2.91. The summed E-state index contributed by atoms with van der Waals surface area (Å²) in [5, 5.41) is 0. The molecule has 0 radical (unpaired) electrons. The number of unbranched alkanes of at least 4 members (excludes halogenated alkanes) is 3. The van der Waals surface area contributed by atoms with E-state index in [4.69, 9.17) is 0 Å². The molecule has 0 heteroatoms. The lowest BCUT2D eigenvalue weighted by Gasteiger charge is -1.86. The summed E-state index contributed by atoms with van der Waals surface area (Å²) in [6.07, 6.45) is 5.54. The summed E-state index contributed by atoms with van der Waals surface area (Å²) in [6.45, 7) is 4.46. The molecule has 0 spiro atoms. The Kier molecular flexibility index (Phi) is 62.7. The van der Waals surface area contributed by atoms with Crippen LogP contribution in [0.5, 0.6) is 0 Å². The molecule has 0 bridgehead atoms. The maximum atomic E-state index is 2.23. The average Bonchev–Trinajstić information content (AvgIpc) is 1.61. The second kappa shape index (κ2) is 24.5. The topological polar surface area (TPSA) is 0 Å². The number of rotatable bonds is 3. The minimum atomic E-state index is 0. The van der Waals surface area contributed by atoms with Gasteiger partial charge in [0.05, 0.1) is 0 Å². The molecule has 0 saturated heterocycles. The van der Waals surface area contributed by atoms with E-state index in [0.29, 0.717) is 0 Å². The van der Waals surface area contributed by atoms with Crippen LogP contribution in [-0.2, 0) is 0 Å². The predicted molar refractivity (Wildman–Crippen MR) is 50.0 cm³/mol. The number of hydrogen-bond acceptors (Lipinski definition) is 0. The van der Waals surface area contributed by atoms with Gasteiger partial charge in [0, 0.05) is 0 Å². The van der Waals surface area contributed by atoms with Crippen molar-refractivity contribution >= 4 is 0 Å². The van der Waals surface area contributed by atoms with Gasteiger partial charge in [0.1, 0.15) is 0 Å². The smallest absolute Gasteiger partial charge is 0.0536 e. The molecule has 0 aliphatic rings. The molecule has 0 aromatic heterocycles. The number of hydrogen-bond donors (Lipinski definition) is 0. The van der Waals surface area contributed by atoms with Crippen molar-refractivity contribution in [2.45, 2.75) is 61.8 Å². The van der Waals surface area contributed by atoms with E-state index in [1.54, 1.807) is 0 Å². The molecule has 0 nitrogen and oxygen atoms in total. The van der Waals surface area contributed by atoms with Crippen LogP contribution in [0.1, 0.15) is 61.8 Å². The van der Waals surface area contributed by atoms with Crippen LogP contribution < -0.4 is 0 Å². The normalized spacial score (nSPS) is 6.00. The highest BCUT2D eigenvalue weighted by Crippen LogP contribution is 1.95. The highest BCUT2D eigenvalue weighted by molar-refractivity contribution is 4.31. The lowest BCUT2D eigenvalue weighted by Crippen LogP contribution is -1.66. The molecule has 62 valence electrons. The van der Waals surface area contributed by atoms with Crippen molar-refractivity contribution in [2.75, 3.05) is 0 Å². The quantitative estimate of drug-likeness (QED) is 0.499. The molecule has 0 saturated carbocycles. The fraction of sp³-hybridized carbons (Fsp3) is 1.00. The van der Waals surface area contributed by atoms with Crippen molar-refractivity contribution in [1.82, 2.24) is 0 Å². The van der Waals surface area contributed by atoms with Crippen LogP contribution in [0.4, 0.5) is 0 Å². The van der Waals surface area contributed by atoms with Gasteiger partial charge in [-0.1, -0.05) is 61.8 Å². The first-order valence-electron chi connectivity index (χ1n) is 2.91. The Labute approximate surface area is 62.7 Å². The Morgan fingerprint density at radius 2 is 0.889 bits per heavy atom. The third kappa shape index (κ3) is 32.0. The largest absolute Gasteiger partial charge is 0.0776 e. The summed E-state index contributed by atoms with van der Waals surface area (Å²) in [6, 6.07) is 0. The molecule has 9 heavy (non-hydrogen) atoms. The zero-order valence-electron chi connectivity index (χ0n) is 4.83. The fourth-order valence-corrected chi connectivity index (χ4v) is 0.500. The average molecular weight is 134 g/mol. The fourth-order valence-electron chi connectivity index (χ4n) is 0.500. The summed E-state index contributed by atoms with van der Waals surface area (Å²) in [7, 11) is 0. The minimum Gasteiger partial charge on any atom is -0.0776 e. The van der Waals surface area contributed by atoms with Gasteiger partial charge in [-0.2, -0.15) is 0 Å². The molecule has 0 amide bonds. The Hall–Kier alpha value is 0. The van der Waals surface area contributed by atoms with Crippen LogP contribution in [0.25, 0.3) is 0 Å². The zero-order valence-corrected chi connectivity index (χ0v) is 4.83. The Balaban J connectivity index is -0.0000000417. The molecule has 0 rings (SSSR count). The standard InChI is InChI=1S/C6H14.3CH4/c1-3-5-6-4-2;;;/h3-6H2,1-2H3;3*1H4. The molecule has 0 heterocycles. The molecule has 0 aliphatic carbocycles. The highest BCUT2D eigenvalue weighted by Gasteiger charge is 1.75. The van der Waals surface area contributed by atoms with Crippen LogP contribution in [0.3, 0.4) is 0 Å². The molecule has 0 unspecified atom stereocenters. The van der Waals surface area contributed by atoms with Gasteiger partial charge in [-0.05, 0) is 0 Å². The van der Waals surface area contributed by atoms with Crippen molar-refractivity contribution < 1.29 is 0 Å². The van der Waals surface area contributed by atoms with Crippen LogP contribution in [0.2, 0.25) is 0 Å². The monoisotopic (exact) mass is 134 g/mol. The Morgan fingerprint density at radius 1 is 0.667 bits per heavy atom. The summed E-state index contributed by atoms with van der Waals surface area (Å²) in [4.78, 5) is 0. The van der Waals surface area contributed by atoms with E-state index in [1.165, 1.54) is 25.7 Å². The van der Waals surface area contributed by atoms with Gasteiger partial charge in [0.25, 0.3) is 0 Å². The SMILES string of the molecule is C.C.C.CCCCCC. The van der Waals surface area contributed by atoms with Gasteiger partial charge >= 0.3 is 0 Å². The zero-order chi connectivity index (χ0) is 4.83. The predicted octanol–water partition coefficient (Wildman–Crippen LogP) is 4.49. The van der Waals surface area contributed by atoms with E-state index in [-0.39, 0.29) is 22.3 Å². The molecular weight excluding hydrogens is 108 g/mol. The van der Waals surface area contributed by atoms with Crippen molar-refractivity contribution in [3.05, 3.63) is 0 Å². The van der Waals surface area contributed by atoms with E-state index in [1.807, 2.05) is 0 Å². The molecule has 0 N–H and O–H groups in total. The van der Waals surface area contributed by atoms with Crippen molar-refractivity contribution in [1.29, 1.82) is 0 Å². The highest BCUT2D eigenvalue weighted by atomic mass is 13.8. The van der Waals surface area contributed by atoms with Crippen LogP contribution in [0, 0.1) is 0 Å². The second-order valence-corrected chi connectivity index (χ2v) is 1.71. The van der Waals surface area contributed by atoms with Crippen LogP contribution in [-0.4, -0.2) is 0 Å². The van der Waals surface area contributed by atoms with E-state index in [9.17, 15) is 0 Å². The van der Waals surface area contributed by atoms with Crippen molar-refractivity contribution in [3.8, 4) is 0 Å². The van der Waals surface area contributed by atoms with Gasteiger partial charge in [-0.3, -0.25) is 0 Å². The molecular formula is C9H26. The summed E-state index contributed by atoms with van der Waals surface area (Å²) in [5.74, 6) is 0. The Bertz CT molecular complexity index is 12.0. The second-order valence-electron chi connectivity index (χ2n) is 1.71. The first-order chi connectivity index (χ1) is 2.91. The first kappa shape index (κ1) is 23.0. The van der Waals surface area contributed by atoms with Crippen LogP contribution in [0.15, 0.2) is 0 Å². The van der Waals surface area contributed by atoms with E-state index >= 15 is 0 Å². The summed E-state index contributed by atoms with van der Waals surface area (Å²) >= 11 is 0. The third-order valence-corrected chi connectivity index (χ3v) is 0.957. The lowest BCUT2D eigenvalue weighted by molar-refractivity contribution is 0.702. The van der Waals surface area contributed by atoms with E-state index in [0.717, 1.165) is 0 Å². The van der Waals surface area contributed by atoms with Gasteiger partial charge in [0.2, 0.25) is 0 Å². The lowest BCUT2D eigenvalue weighted by atomic mass is 10.2. The Morgan fingerprint density at radius 3 is 1.00 bits per heavy atom. The van der Waals surface area contributed by atoms with Gasteiger partial charge in [-0.15, -0.1) is 0 Å². The molecule has 0 atom stereocenters. The van der Waals surface area contributed by atoms with Crippen molar-refractivity contribution in [2.24, 2.45) is 0 Å². The van der Waals surface area contributed by atoms with Crippen molar-refractivity contribution in [3.63, 3.8) is 0 Å². The van der Waals surface area contributed by atoms with Gasteiger partial charge in [0.15, 0.2) is 0 Å². The molecule has 0 aromatic carbocycles. The maximum Gasteiger partial charge on any atom is -0.0536 e. The third-order valence-electron chi connectivity index (χ3n) is 0.957. The van der Waals surface area contributed by atoms with E-state index in [2.05, 4.69) is 13.8 Å². The van der Waals surface area contributed by atoms with Gasteiger partial charge in [-0.25, -0.2) is 0 Å². The molecule has 0 aliphatic heterocycles. The molecule has 0 fully saturated rings. The van der Waals surface area contributed by atoms with Gasteiger partial charge < -0.3 is 0 Å². The van der Waals surface area contributed by atoms with E-state index < -0.39 is 0 Å². The molecule has 0 aromatic rings. The van der Waals surface area contributed by atoms with Crippen LogP contribution >= 0.6 is 0 Å².